The average Bonchev–Trinajstić information content (AvgIpc) is 2.50. The number of aromatic nitrogens is 2. The molecule has 9 heteroatoms. The number of nitrogens with one attached hydrogen (secondary N) is 1. The highest BCUT2D eigenvalue weighted by atomic mass is 32.2. The van der Waals surface area contributed by atoms with Crippen molar-refractivity contribution in [3.05, 3.63) is 35.5 Å². The first-order chi connectivity index (χ1) is 12.3. The van der Waals surface area contributed by atoms with E-state index in [1.807, 2.05) is 0 Å². The van der Waals surface area contributed by atoms with Gasteiger partial charge in [0.15, 0.2) is 0 Å². The van der Waals surface area contributed by atoms with Crippen molar-refractivity contribution in [2.45, 2.75) is 45.4 Å². The Morgan fingerprint density at radius 1 is 1.15 bits per heavy atom. The molecule has 27 heavy (non-hydrogen) atoms. The average molecular weight is 393 g/mol. The largest absolute Gasteiger partial charge is 0.444 e. The van der Waals surface area contributed by atoms with Gasteiger partial charge in [0.1, 0.15) is 11.4 Å². The van der Waals surface area contributed by atoms with Crippen molar-refractivity contribution in [1.82, 2.24) is 9.97 Å². The maximum Gasteiger partial charge on any atom is 0.412 e. The van der Waals surface area contributed by atoms with Crippen molar-refractivity contribution >= 4 is 21.6 Å². The van der Waals surface area contributed by atoms with Crippen LogP contribution in [0.3, 0.4) is 0 Å². The first-order valence-corrected chi connectivity index (χ1v) is 10.1. The Morgan fingerprint density at radius 3 is 2.41 bits per heavy atom. The van der Waals surface area contributed by atoms with E-state index in [4.69, 9.17) is 9.47 Å². The van der Waals surface area contributed by atoms with Crippen LogP contribution in [0.4, 0.5) is 10.5 Å². The third kappa shape index (κ3) is 5.92. The molecule has 0 saturated carbocycles. The fourth-order valence-electron chi connectivity index (χ4n) is 2.12. The summed E-state index contributed by atoms with van der Waals surface area (Å²) >= 11 is 0. The van der Waals surface area contributed by atoms with Crippen LogP contribution in [0.25, 0.3) is 0 Å². The van der Waals surface area contributed by atoms with Gasteiger partial charge in [-0.1, -0.05) is 0 Å². The molecule has 0 aliphatic rings. The molecule has 1 heterocycles. The summed E-state index contributed by atoms with van der Waals surface area (Å²) in [6.07, 6.45) is 1.80. The van der Waals surface area contributed by atoms with Crippen LogP contribution in [0.2, 0.25) is 0 Å². The van der Waals surface area contributed by atoms with E-state index in [0.717, 1.165) is 17.4 Å². The number of carbonyl (C=O) groups is 1. The van der Waals surface area contributed by atoms with Gasteiger partial charge in [0.2, 0.25) is 20.9 Å². The van der Waals surface area contributed by atoms with Crippen LogP contribution < -0.4 is 10.1 Å². The summed E-state index contributed by atoms with van der Waals surface area (Å²) in [5, 5.41) is 2.40. The molecule has 1 aromatic heterocycles. The molecule has 0 spiro atoms. The quantitative estimate of drug-likeness (QED) is 0.790. The second-order valence-corrected chi connectivity index (χ2v) is 9.02. The van der Waals surface area contributed by atoms with E-state index < -0.39 is 21.5 Å². The molecule has 1 amide bonds. The molecule has 2 rings (SSSR count). The van der Waals surface area contributed by atoms with Crippen molar-refractivity contribution in [1.29, 1.82) is 0 Å². The zero-order valence-electron chi connectivity index (χ0n) is 16.2. The van der Waals surface area contributed by atoms with Gasteiger partial charge in [-0.05, 0) is 57.9 Å². The first kappa shape index (κ1) is 20.6. The third-order valence-corrected chi connectivity index (χ3v) is 4.17. The predicted molar refractivity (Wildman–Crippen MR) is 101 cm³/mol. The second kappa shape index (κ2) is 7.51. The first-order valence-electron chi connectivity index (χ1n) is 8.17. The van der Waals surface area contributed by atoms with E-state index in [2.05, 4.69) is 15.3 Å². The van der Waals surface area contributed by atoms with Gasteiger partial charge in [0, 0.05) is 24.2 Å². The summed E-state index contributed by atoms with van der Waals surface area (Å²) in [7, 11) is -3.53. The lowest BCUT2D eigenvalue weighted by Crippen LogP contribution is -2.27. The summed E-state index contributed by atoms with van der Waals surface area (Å²) in [6.45, 7) is 8.96. The lowest BCUT2D eigenvalue weighted by molar-refractivity contribution is 0.0635. The van der Waals surface area contributed by atoms with Crippen molar-refractivity contribution < 1.29 is 22.7 Å². The minimum Gasteiger partial charge on any atom is -0.444 e. The van der Waals surface area contributed by atoms with Gasteiger partial charge in [-0.25, -0.2) is 18.2 Å². The Kier molecular flexibility index (Phi) is 5.74. The Balaban J connectivity index is 2.23. The zero-order valence-corrected chi connectivity index (χ0v) is 17.0. The van der Waals surface area contributed by atoms with E-state index >= 15 is 0 Å². The Bertz CT molecular complexity index is 965. The molecule has 0 aliphatic heterocycles. The number of nitrogens with zero attached hydrogens (tertiary/aromatic N) is 2. The number of hydrogen-bond acceptors (Lipinski definition) is 7. The van der Waals surface area contributed by atoms with Gasteiger partial charge < -0.3 is 9.47 Å². The number of hydrogen-bond donors (Lipinski definition) is 1. The maximum absolute atomic E-state index is 12.0. The standard InChI is InChI=1S/C18H23N3O5S/c1-11-10-14(25-15-7-8-19-16(21-15)27(6,23)24)12(2)9-13(11)20-17(22)26-18(3,4)5/h7-10H,1-6H3,(H,20,22). The smallest absolute Gasteiger partial charge is 0.412 e. The number of sulfone groups is 1. The number of anilines is 1. The molecule has 1 aromatic carbocycles. The van der Waals surface area contributed by atoms with Crippen LogP contribution in [0.15, 0.2) is 29.6 Å². The SMILES string of the molecule is Cc1cc(Oc2ccnc(S(C)(=O)=O)n2)c(C)cc1NC(=O)OC(C)(C)C. The molecule has 0 saturated heterocycles. The molecular formula is C18H23N3O5S. The Morgan fingerprint density at radius 2 is 1.81 bits per heavy atom. The van der Waals surface area contributed by atoms with E-state index in [-0.39, 0.29) is 11.0 Å². The molecule has 0 bridgehead atoms. The molecular weight excluding hydrogens is 370 g/mol. The molecule has 0 fully saturated rings. The Labute approximate surface area is 158 Å². The fraction of sp³-hybridized carbons (Fsp3) is 0.389. The third-order valence-electron chi connectivity index (χ3n) is 3.31. The number of amides is 1. The lowest BCUT2D eigenvalue weighted by atomic mass is 10.1. The second-order valence-electron chi connectivity index (χ2n) is 7.11. The summed E-state index contributed by atoms with van der Waals surface area (Å²) in [5.74, 6) is 0.598. The zero-order chi connectivity index (χ0) is 20.4. The van der Waals surface area contributed by atoms with Crippen LogP contribution in [-0.2, 0) is 14.6 Å². The summed E-state index contributed by atoms with van der Waals surface area (Å²) in [4.78, 5) is 19.6. The van der Waals surface area contributed by atoms with Gasteiger partial charge >= 0.3 is 6.09 Å². The summed E-state index contributed by atoms with van der Waals surface area (Å²) < 4.78 is 34.1. The number of carbonyl (C=O) groups excluding carboxylic acids is 1. The van der Waals surface area contributed by atoms with Gasteiger partial charge in [-0.3, -0.25) is 5.32 Å². The van der Waals surface area contributed by atoms with Crippen LogP contribution >= 0.6 is 0 Å². The van der Waals surface area contributed by atoms with Crippen LogP contribution in [0, 0.1) is 13.8 Å². The topological polar surface area (TPSA) is 107 Å². The number of ether oxygens (including phenoxy) is 2. The number of aryl methyl sites for hydroxylation is 2. The van der Waals surface area contributed by atoms with Crippen LogP contribution in [0.1, 0.15) is 31.9 Å². The summed E-state index contributed by atoms with van der Waals surface area (Å²) in [5.41, 5.74) is 1.47. The predicted octanol–water partition coefficient (Wildman–Crippen LogP) is 3.64. The fourth-order valence-corrected chi connectivity index (χ4v) is 2.63. The van der Waals surface area contributed by atoms with Crippen LogP contribution in [-0.4, -0.2) is 36.3 Å². The van der Waals surface area contributed by atoms with E-state index in [0.29, 0.717) is 11.4 Å². The van der Waals surface area contributed by atoms with Crippen molar-refractivity contribution in [2.24, 2.45) is 0 Å². The molecule has 0 unspecified atom stereocenters. The highest BCUT2D eigenvalue weighted by molar-refractivity contribution is 7.90. The molecule has 146 valence electrons. The van der Waals surface area contributed by atoms with E-state index in [1.165, 1.54) is 12.3 Å². The maximum atomic E-state index is 12.0. The minimum absolute atomic E-state index is 0.112. The lowest BCUT2D eigenvalue weighted by Gasteiger charge is -2.20. The normalized spacial score (nSPS) is 11.8. The van der Waals surface area contributed by atoms with Crippen molar-refractivity contribution in [3.8, 4) is 11.6 Å². The minimum atomic E-state index is -3.53. The molecule has 0 aliphatic carbocycles. The highest BCUT2D eigenvalue weighted by Crippen LogP contribution is 2.30. The van der Waals surface area contributed by atoms with Gasteiger partial charge in [0.05, 0.1) is 0 Å². The molecule has 0 atom stereocenters. The van der Waals surface area contributed by atoms with Gasteiger partial charge in [-0.2, -0.15) is 4.98 Å². The number of benzene rings is 1. The van der Waals surface area contributed by atoms with Gasteiger partial charge in [0.25, 0.3) is 0 Å². The van der Waals surface area contributed by atoms with Gasteiger partial charge in [-0.15, -0.1) is 0 Å². The summed E-state index contributed by atoms with van der Waals surface area (Å²) in [6, 6.07) is 4.94. The highest BCUT2D eigenvalue weighted by Gasteiger charge is 2.18. The number of rotatable bonds is 4. The van der Waals surface area contributed by atoms with E-state index in [9.17, 15) is 13.2 Å². The molecule has 8 nitrogen and oxygen atoms in total. The monoisotopic (exact) mass is 393 g/mol. The Hall–Kier alpha value is -2.68. The van der Waals surface area contributed by atoms with E-state index in [1.54, 1.807) is 46.8 Å². The molecule has 0 radical (unpaired) electrons. The molecule has 1 N–H and O–H groups in total. The van der Waals surface area contributed by atoms with Crippen molar-refractivity contribution in [3.63, 3.8) is 0 Å². The van der Waals surface area contributed by atoms with Crippen molar-refractivity contribution in [2.75, 3.05) is 11.6 Å². The van der Waals surface area contributed by atoms with Crippen LogP contribution in [0.5, 0.6) is 11.6 Å². The molecule has 2 aromatic rings.